The monoisotopic (exact) mass is 315 g/mol. The van der Waals surface area contributed by atoms with Crippen LogP contribution in [0.5, 0.6) is 5.75 Å². The van der Waals surface area contributed by atoms with Crippen LogP contribution >= 0.6 is 0 Å². The number of hydrogen-bond acceptors (Lipinski definition) is 4. The minimum atomic E-state index is -0.497. The third-order valence-corrected chi connectivity index (χ3v) is 3.53. The van der Waals surface area contributed by atoms with Crippen molar-refractivity contribution in [2.24, 2.45) is 5.10 Å². The molecule has 5 nitrogen and oxygen atoms in total. The van der Waals surface area contributed by atoms with Gasteiger partial charge in [-0.2, -0.15) is 10.4 Å². The lowest BCUT2D eigenvalue weighted by molar-refractivity contribution is 0.0952. The molecule has 0 aromatic heterocycles. The summed E-state index contributed by atoms with van der Waals surface area (Å²) in [5, 5.41) is 24.3. The van der Waals surface area contributed by atoms with E-state index in [9.17, 15) is 9.90 Å². The Bertz CT molecular complexity index is 970. The molecule has 0 radical (unpaired) electrons. The maximum atomic E-state index is 12.2. The van der Waals surface area contributed by atoms with Crippen LogP contribution in [0.4, 0.5) is 0 Å². The molecule has 0 fully saturated rings. The number of amides is 1. The molecule has 0 atom stereocenters. The molecule has 0 bridgehead atoms. The van der Waals surface area contributed by atoms with Crippen LogP contribution in [0.2, 0.25) is 0 Å². The van der Waals surface area contributed by atoms with Crippen LogP contribution in [-0.2, 0) is 0 Å². The summed E-state index contributed by atoms with van der Waals surface area (Å²) in [7, 11) is 0. The topological polar surface area (TPSA) is 85.5 Å². The Kier molecular flexibility index (Phi) is 4.21. The molecule has 0 saturated heterocycles. The standard InChI is InChI=1S/C19H13N3O2/c20-11-13-5-7-14(8-6-13)12-21-22-19(24)17-9-15-3-1-2-4-16(15)10-18(17)23/h1-10,12,23H,(H,22,24). The van der Waals surface area contributed by atoms with Gasteiger partial charge in [0.1, 0.15) is 5.75 Å². The lowest BCUT2D eigenvalue weighted by Crippen LogP contribution is -2.17. The van der Waals surface area contributed by atoms with Crippen LogP contribution in [0.1, 0.15) is 21.5 Å². The van der Waals surface area contributed by atoms with Crippen LogP contribution in [0.3, 0.4) is 0 Å². The Morgan fingerprint density at radius 2 is 1.75 bits per heavy atom. The first-order chi connectivity index (χ1) is 11.7. The minimum absolute atomic E-state index is 0.0974. The number of phenolic OH excluding ortho intramolecular Hbond substituents is 1. The van der Waals surface area contributed by atoms with Gasteiger partial charge in [0.15, 0.2) is 0 Å². The first-order valence-electron chi connectivity index (χ1n) is 7.23. The molecule has 116 valence electrons. The van der Waals surface area contributed by atoms with Gasteiger partial charge in [-0.25, -0.2) is 5.43 Å². The van der Waals surface area contributed by atoms with Gasteiger partial charge in [0.25, 0.3) is 5.91 Å². The van der Waals surface area contributed by atoms with Crippen LogP contribution in [0, 0.1) is 11.3 Å². The number of fused-ring (bicyclic) bond motifs is 1. The molecule has 3 rings (SSSR count). The van der Waals surface area contributed by atoms with Crippen LogP contribution in [0.15, 0.2) is 65.8 Å². The van der Waals surface area contributed by atoms with Crippen LogP contribution < -0.4 is 5.43 Å². The highest BCUT2D eigenvalue weighted by Gasteiger charge is 2.11. The number of rotatable bonds is 3. The average molecular weight is 315 g/mol. The van der Waals surface area contributed by atoms with Crippen molar-refractivity contribution in [3.8, 4) is 11.8 Å². The summed E-state index contributed by atoms with van der Waals surface area (Å²) in [6, 6.07) is 19.4. The molecule has 0 heterocycles. The zero-order chi connectivity index (χ0) is 16.9. The summed E-state index contributed by atoms with van der Waals surface area (Å²) in [5.74, 6) is -0.595. The largest absolute Gasteiger partial charge is 0.507 e. The Morgan fingerprint density at radius 3 is 2.42 bits per heavy atom. The van der Waals surface area contributed by atoms with Crippen molar-refractivity contribution >= 4 is 22.9 Å². The highest BCUT2D eigenvalue weighted by atomic mass is 16.3. The van der Waals surface area contributed by atoms with E-state index in [2.05, 4.69) is 10.5 Å². The van der Waals surface area contributed by atoms with Gasteiger partial charge in [-0.15, -0.1) is 0 Å². The quantitative estimate of drug-likeness (QED) is 0.575. The van der Waals surface area contributed by atoms with E-state index in [1.54, 1.807) is 36.4 Å². The van der Waals surface area contributed by atoms with Gasteiger partial charge in [-0.1, -0.05) is 36.4 Å². The number of carbonyl (C=O) groups excluding carboxylic acids is 1. The van der Waals surface area contributed by atoms with E-state index < -0.39 is 5.91 Å². The number of nitriles is 1. The summed E-state index contributed by atoms with van der Waals surface area (Å²) in [5.41, 5.74) is 3.85. The van der Waals surface area contributed by atoms with Crippen LogP contribution in [-0.4, -0.2) is 17.2 Å². The highest BCUT2D eigenvalue weighted by molar-refractivity contribution is 6.01. The first-order valence-corrected chi connectivity index (χ1v) is 7.23. The second-order valence-corrected chi connectivity index (χ2v) is 5.15. The van der Waals surface area contributed by atoms with Gasteiger partial charge in [0.2, 0.25) is 0 Å². The summed E-state index contributed by atoms with van der Waals surface area (Å²) in [4.78, 5) is 12.2. The van der Waals surface area contributed by atoms with Crippen molar-refractivity contribution < 1.29 is 9.90 Å². The first kappa shape index (κ1) is 15.3. The van der Waals surface area contributed by atoms with E-state index in [1.165, 1.54) is 6.21 Å². The van der Waals surface area contributed by atoms with Crippen molar-refractivity contribution in [3.05, 3.63) is 77.4 Å². The molecule has 24 heavy (non-hydrogen) atoms. The Balaban J connectivity index is 1.76. The molecule has 0 spiro atoms. The predicted molar refractivity (Wildman–Crippen MR) is 91.8 cm³/mol. The second kappa shape index (κ2) is 6.63. The maximum Gasteiger partial charge on any atom is 0.275 e. The number of nitrogens with zero attached hydrogens (tertiary/aromatic N) is 2. The number of benzene rings is 3. The van der Waals surface area contributed by atoms with Crippen molar-refractivity contribution in [1.82, 2.24) is 5.43 Å². The van der Waals surface area contributed by atoms with Gasteiger partial charge < -0.3 is 5.11 Å². The van der Waals surface area contributed by atoms with E-state index in [4.69, 9.17) is 5.26 Å². The normalized spacial score (nSPS) is 10.6. The maximum absolute atomic E-state index is 12.2. The summed E-state index contributed by atoms with van der Waals surface area (Å²) in [6.07, 6.45) is 1.47. The van der Waals surface area contributed by atoms with E-state index in [-0.39, 0.29) is 11.3 Å². The zero-order valence-electron chi connectivity index (χ0n) is 12.6. The van der Waals surface area contributed by atoms with E-state index in [0.29, 0.717) is 5.56 Å². The van der Waals surface area contributed by atoms with Gasteiger partial charge in [-0.05, 0) is 40.6 Å². The molecule has 2 N–H and O–H groups in total. The van der Waals surface area contributed by atoms with Gasteiger partial charge in [0, 0.05) is 0 Å². The Labute approximate surface area is 138 Å². The van der Waals surface area contributed by atoms with Gasteiger partial charge >= 0.3 is 0 Å². The molecule has 0 aliphatic heterocycles. The SMILES string of the molecule is N#Cc1ccc(C=NNC(=O)c2cc3ccccc3cc2O)cc1. The molecule has 0 aliphatic rings. The van der Waals surface area contributed by atoms with Crippen molar-refractivity contribution in [3.63, 3.8) is 0 Å². The van der Waals surface area contributed by atoms with Crippen LogP contribution in [0.25, 0.3) is 10.8 Å². The third-order valence-electron chi connectivity index (χ3n) is 3.53. The average Bonchev–Trinajstić information content (AvgIpc) is 2.61. The molecular weight excluding hydrogens is 302 g/mol. The molecule has 5 heteroatoms. The molecule has 0 aliphatic carbocycles. The Morgan fingerprint density at radius 1 is 1.08 bits per heavy atom. The molecule has 0 unspecified atom stereocenters. The lowest BCUT2D eigenvalue weighted by atomic mass is 10.1. The summed E-state index contributed by atoms with van der Waals surface area (Å²) in [6.45, 7) is 0. The number of carbonyl (C=O) groups is 1. The molecule has 3 aromatic rings. The van der Waals surface area contributed by atoms with Gasteiger partial charge in [0.05, 0.1) is 23.4 Å². The number of hydrogen-bond donors (Lipinski definition) is 2. The molecule has 1 amide bonds. The summed E-state index contributed by atoms with van der Waals surface area (Å²) < 4.78 is 0. The van der Waals surface area contributed by atoms with Crippen molar-refractivity contribution in [2.45, 2.75) is 0 Å². The minimum Gasteiger partial charge on any atom is -0.507 e. The fraction of sp³-hybridized carbons (Fsp3) is 0. The van der Waals surface area contributed by atoms with E-state index in [1.807, 2.05) is 30.3 Å². The number of hydrazone groups is 1. The predicted octanol–water partition coefficient (Wildman–Crippen LogP) is 3.18. The smallest absolute Gasteiger partial charge is 0.275 e. The fourth-order valence-electron chi connectivity index (χ4n) is 2.28. The molecular formula is C19H13N3O2. The lowest BCUT2D eigenvalue weighted by Gasteiger charge is -2.05. The highest BCUT2D eigenvalue weighted by Crippen LogP contribution is 2.24. The third kappa shape index (κ3) is 3.23. The van der Waals surface area contributed by atoms with Gasteiger partial charge in [-0.3, -0.25) is 4.79 Å². The molecule has 0 saturated carbocycles. The Hall–Kier alpha value is -3.65. The second-order valence-electron chi connectivity index (χ2n) is 5.15. The molecule has 3 aromatic carbocycles. The van der Waals surface area contributed by atoms with E-state index in [0.717, 1.165) is 16.3 Å². The van der Waals surface area contributed by atoms with Crippen molar-refractivity contribution in [2.75, 3.05) is 0 Å². The number of aromatic hydroxyl groups is 1. The number of nitrogens with one attached hydrogen (secondary N) is 1. The fourth-order valence-corrected chi connectivity index (χ4v) is 2.28. The van der Waals surface area contributed by atoms with Crippen molar-refractivity contribution in [1.29, 1.82) is 5.26 Å². The van der Waals surface area contributed by atoms with E-state index >= 15 is 0 Å². The number of phenols is 1. The zero-order valence-corrected chi connectivity index (χ0v) is 12.6. The summed E-state index contributed by atoms with van der Waals surface area (Å²) >= 11 is 0.